The molecule has 0 amide bonds. The molecule has 0 saturated carbocycles. The average Bonchev–Trinajstić information content (AvgIpc) is 2.88. The first kappa shape index (κ1) is 18.4. The maximum atomic E-state index is 6.60. The van der Waals surface area contributed by atoms with E-state index in [2.05, 4.69) is 77.1 Å². The van der Waals surface area contributed by atoms with E-state index in [0.29, 0.717) is 0 Å². The van der Waals surface area contributed by atoms with Crippen molar-refractivity contribution in [2.75, 3.05) is 0 Å². The number of rotatable bonds is 2. The molecule has 0 spiro atoms. The molecule has 0 heterocycles. The van der Waals surface area contributed by atoms with Gasteiger partial charge >= 0.3 is 161 Å². The van der Waals surface area contributed by atoms with E-state index in [4.69, 9.17) is 17.0 Å². The van der Waals surface area contributed by atoms with E-state index < -0.39 is 19.4 Å². The first-order valence-corrected chi connectivity index (χ1v) is 16.1. The Morgan fingerprint density at radius 1 is 0.917 bits per heavy atom. The Morgan fingerprint density at radius 3 is 2.17 bits per heavy atom. The van der Waals surface area contributed by atoms with Gasteiger partial charge in [0.1, 0.15) is 0 Å². The molecule has 1 atom stereocenters. The quantitative estimate of drug-likeness (QED) is 0.460. The fourth-order valence-corrected chi connectivity index (χ4v) is 9.48. The molecule has 1 aliphatic rings. The summed E-state index contributed by atoms with van der Waals surface area (Å²) in [5, 5.41) is 0. The van der Waals surface area contributed by atoms with Crippen LogP contribution in [0.5, 0.6) is 0 Å². The third kappa shape index (κ3) is 3.21. The van der Waals surface area contributed by atoms with E-state index >= 15 is 0 Å². The van der Waals surface area contributed by atoms with E-state index in [1.54, 1.807) is 0 Å². The topological polar surface area (TPSA) is 0 Å². The number of halogens is 2. The molecule has 125 valence electrons. The Kier molecular flexibility index (Phi) is 5.18. The van der Waals surface area contributed by atoms with Gasteiger partial charge in [-0.2, -0.15) is 0 Å². The second kappa shape index (κ2) is 6.75. The van der Waals surface area contributed by atoms with Crippen molar-refractivity contribution in [3.63, 3.8) is 0 Å². The fourth-order valence-electron chi connectivity index (χ4n) is 3.65. The zero-order valence-corrected chi connectivity index (χ0v) is 18.8. The number of benzene rings is 2. The summed E-state index contributed by atoms with van der Waals surface area (Å²) in [5.41, 5.74) is 9.41. The van der Waals surface area contributed by atoms with Crippen LogP contribution in [-0.4, -0.2) is 0 Å². The molecule has 0 aromatic heterocycles. The molecule has 0 saturated heterocycles. The third-order valence-electron chi connectivity index (χ3n) is 4.91. The summed E-state index contributed by atoms with van der Waals surface area (Å²) in [6, 6.07) is 13.1. The van der Waals surface area contributed by atoms with E-state index in [1.807, 2.05) is 0 Å². The Bertz CT molecular complexity index is 813. The van der Waals surface area contributed by atoms with E-state index in [0.717, 1.165) is 0 Å². The molecule has 24 heavy (non-hydrogen) atoms. The molecule has 2 aromatic rings. The van der Waals surface area contributed by atoms with Gasteiger partial charge in [-0.25, -0.2) is 0 Å². The standard InChI is InChI=1S/C21H23.2ClH.Zr/c1-14-8-6-7-9-18(14)20-15(2)10-11-16-12-17(13-19(16)20)21(3,4)5;;;/h6-13H,1-5H3;2*1H;/q;;;+2/p-2. The van der Waals surface area contributed by atoms with Gasteiger partial charge in [0.15, 0.2) is 0 Å². The minimum absolute atomic E-state index is 0.0795. The summed E-state index contributed by atoms with van der Waals surface area (Å²) < 4.78 is 0.258. The van der Waals surface area contributed by atoms with Crippen LogP contribution in [0.1, 0.15) is 46.7 Å². The van der Waals surface area contributed by atoms with Crippen molar-refractivity contribution in [1.82, 2.24) is 0 Å². The molecule has 3 heteroatoms. The Morgan fingerprint density at radius 2 is 1.58 bits per heavy atom. The number of hydrogen-bond donors (Lipinski definition) is 0. The van der Waals surface area contributed by atoms with Crippen molar-refractivity contribution in [2.24, 2.45) is 5.41 Å². The van der Waals surface area contributed by atoms with Crippen molar-refractivity contribution >= 4 is 23.1 Å². The fraction of sp³-hybridized carbons (Fsp3) is 0.333. The van der Waals surface area contributed by atoms with Gasteiger partial charge in [-0.1, -0.05) is 0 Å². The first-order chi connectivity index (χ1) is 11.2. The van der Waals surface area contributed by atoms with Crippen LogP contribution in [0.25, 0.3) is 17.2 Å². The molecule has 1 aliphatic carbocycles. The van der Waals surface area contributed by atoms with Crippen LogP contribution < -0.4 is 0 Å². The Balaban J connectivity index is 2.31. The number of fused-ring (bicyclic) bond motifs is 1. The molecule has 0 fully saturated rings. The minimum atomic E-state index is -2.48. The van der Waals surface area contributed by atoms with Crippen molar-refractivity contribution in [1.29, 1.82) is 0 Å². The van der Waals surface area contributed by atoms with Gasteiger partial charge < -0.3 is 0 Å². The molecular formula is C21H23Cl2Zr. The van der Waals surface area contributed by atoms with Gasteiger partial charge in [0.2, 0.25) is 0 Å². The number of allylic oxidation sites excluding steroid dienone is 1. The predicted molar refractivity (Wildman–Crippen MR) is 103 cm³/mol. The van der Waals surface area contributed by atoms with Gasteiger partial charge in [0, 0.05) is 0 Å². The van der Waals surface area contributed by atoms with E-state index in [-0.39, 0.29) is 9.04 Å². The molecule has 2 aromatic carbocycles. The number of aryl methyl sites for hydroxylation is 2. The molecule has 0 bridgehead atoms. The first-order valence-electron chi connectivity index (χ1n) is 8.31. The monoisotopic (exact) mass is 435 g/mol. The van der Waals surface area contributed by atoms with Crippen LogP contribution in [0.4, 0.5) is 0 Å². The van der Waals surface area contributed by atoms with Gasteiger partial charge in [-0.15, -0.1) is 0 Å². The molecule has 0 radical (unpaired) electrons. The zero-order valence-electron chi connectivity index (χ0n) is 14.9. The molecule has 3 rings (SSSR count). The Hall–Kier alpha value is -0.357. The van der Waals surface area contributed by atoms with Crippen LogP contribution in [0, 0.1) is 19.3 Å². The van der Waals surface area contributed by atoms with Crippen LogP contribution >= 0.6 is 17.0 Å². The molecular weight excluding hydrogens is 414 g/mol. The number of hydrogen-bond acceptors (Lipinski definition) is 0. The van der Waals surface area contributed by atoms with Crippen molar-refractivity contribution in [3.05, 3.63) is 64.2 Å². The summed E-state index contributed by atoms with van der Waals surface area (Å²) in [6.45, 7) is 11.2. The average molecular weight is 438 g/mol. The SMILES string of the molecule is Cc1ccccc1-c1c(C)ccc2c1C=C(C(C)(C)C)[CH]2[Zr]([Cl])[Cl]. The van der Waals surface area contributed by atoms with Gasteiger partial charge in [-0.05, 0) is 0 Å². The molecule has 0 N–H and O–H groups in total. The molecule has 1 unspecified atom stereocenters. The van der Waals surface area contributed by atoms with Crippen LogP contribution in [0.3, 0.4) is 0 Å². The van der Waals surface area contributed by atoms with Crippen LogP contribution in [-0.2, 0) is 19.4 Å². The molecule has 0 aliphatic heterocycles. The van der Waals surface area contributed by atoms with Crippen LogP contribution in [0.2, 0.25) is 0 Å². The van der Waals surface area contributed by atoms with E-state index in [1.165, 1.54) is 39.0 Å². The van der Waals surface area contributed by atoms with Gasteiger partial charge in [0.05, 0.1) is 0 Å². The van der Waals surface area contributed by atoms with Crippen molar-refractivity contribution < 1.29 is 19.4 Å². The third-order valence-corrected chi connectivity index (χ3v) is 10.1. The van der Waals surface area contributed by atoms with Crippen LogP contribution in [0.15, 0.2) is 42.0 Å². The summed E-state index contributed by atoms with van der Waals surface area (Å²) in [6.07, 6.45) is 2.38. The maximum absolute atomic E-state index is 6.60. The second-order valence-corrected chi connectivity index (χ2v) is 16.5. The summed E-state index contributed by atoms with van der Waals surface area (Å²) in [5.74, 6) is 0. The van der Waals surface area contributed by atoms with Crippen molar-refractivity contribution in [2.45, 2.75) is 38.2 Å². The van der Waals surface area contributed by atoms with E-state index in [9.17, 15) is 0 Å². The zero-order chi connectivity index (χ0) is 17.6. The van der Waals surface area contributed by atoms with Gasteiger partial charge in [-0.3, -0.25) is 0 Å². The summed E-state index contributed by atoms with van der Waals surface area (Å²) in [7, 11) is 13.2. The van der Waals surface area contributed by atoms with Gasteiger partial charge in [0.25, 0.3) is 0 Å². The summed E-state index contributed by atoms with van der Waals surface area (Å²) >= 11 is -2.48. The molecule has 0 nitrogen and oxygen atoms in total. The normalized spacial score (nSPS) is 16.8. The Labute approximate surface area is 160 Å². The predicted octanol–water partition coefficient (Wildman–Crippen LogP) is 7.38. The summed E-state index contributed by atoms with van der Waals surface area (Å²) in [4.78, 5) is 0. The second-order valence-electron chi connectivity index (χ2n) is 7.65. The van der Waals surface area contributed by atoms with Crippen molar-refractivity contribution in [3.8, 4) is 11.1 Å².